The zero-order chi connectivity index (χ0) is 14.3. The van der Waals surface area contributed by atoms with E-state index in [0.29, 0.717) is 17.9 Å². The monoisotopic (exact) mass is 333 g/mol. The van der Waals surface area contributed by atoms with Gasteiger partial charge >= 0.3 is 0 Å². The molecule has 0 unspecified atom stereocenters. The first-order valence-electron chi connectivity index (χ1n) is 6.85. The molecule has 0 fully saturated rings. The fourth-order valence-electron chi connectivity index (χ4n) is 1.89. The maximum absolute atomic E-state index is 13.5. The molecule has 0 saturated carbocycles. The summed E-state index contributed by atoms with van der Waals surface area (Å²) in [6, 6.07) is 2.49. The standard InChI is InChI=1S/C15H22BrF2N/c1-11(2)10-19-7-5-3-4-6-12-8-15(18)13(16)9-14(12)17/h8-9,11,19H,3-7,10H2,1-2H3. The predicted octanol–water partition coefficient (Wildman–Crippen LogP) is 4.69. The van der Waals surface area contributed by atoms with E-state index < -0.39 is 5.82 Å². The van der Waals surface area contributed by atoms with Gasteiger partial charge in [-0.2, -0.15) is 0 Å². The van der Waals surface area contributed by atoms with Gasteiger partial charge in [-0.05, 0) is 71.9 Å². The molecule has 0 aliphatic carbocycles. The van der Waals surface area contributed by atoms with Crippen LogP contribution in [0.4, 0.5) is 8.78 Å². The molecule has 0 amide bonds. The summed E-state index contributed by atoms with van der Waals surface area (Å²) in [5, 5.41) is 3.37. The van der Waals surface area contributed by atoms with Crippen LogP contribution in [0.2, 0.25) is 0 Å². The molecule has 0 heterocycles. The topological polar surface area (TPSA) is 12.0 Å². The van der Waals surface area contributed by atoms with Crippen molar-refractivity contribution >= 4 is 15.9 Å². The van der Waals surface area contributed by atoms with E-state index >= 15 is 0 Å². The number of hydrogen-bond donors (Lipinski definition) is 1. The van der Waals surface area contributed by atoms with Crippen LogP contribution >= 0.6 is 15.9 Å². The summed E-state index contributed by atoms with van der Waals surface area (Å²) < 4.78 is 27.0. The molecule has 1 nitrogen and oxygen atoms in total. The van der Waals surface area contributed by atoms with Gasteiger partial charge in [-0.25, -0.2) is 8.78 Å². The molecule has 1 aromatic rings. The third-order valence-corrected chi connectivity index (χ3v) is 3.55. The van der Waals surface area contributed by atoms with Crippen LogP contribution in [0.15, 0.2) is 16.6 Å². The molecule has 0 saturated heterocycles. The average Bonchev–Trinajstić information content (AvgIpc) is 2.33. The highest BCUT2D eigenvalue weighted by Crippen LogP contribution is 2.21. The third-order valence-electron chi connectivity index (χ3n) is 2.94. The highest BCUT2D eigenvalue weighted by atomic mass is 79.9. The van der Waals surface area contributed by atoms with Crippen LogP contribution in [0.3, 0.4) is 0 Å². The average molecular weight is 334 g/mol. The fraction of sp³-hybridized carbons (Fsp3) is 0.600. The highest BCUT2D eigenvalue weighted by molar-refractivity contribution is 9.10. The number of benzene rings is 1. The second-order valence-corrected chi connectivity index (χ2v) is 6.12. The molecule has 0 aliphatic heterocycles. The minimum absolute atomic E-state index is 0.187. The summed E-state index contributed by atoms with van der Waals surface area (Å²) in [7, 11) is 0. The van der Waals surface area contributed by atoms with Crippen LogP contribution in [-0.4, -0.2) is 13.1 Å². The Labute approximate surface area is 122 Å². The van der Waals surface area contributed by atoms with E-state index in [1.165, 1.54) is 12.1 Å². The number of nitrogens with one attached hydrogen (secondary N) is 1. The molecule has 1 aromatic carbocycles. The summed E-state index contributed by atoms with van der Waals surface area (Å²) in [5.41, 5.74) is 0.468. The summed E-state index contributed by atoms with van der Waals surface area (Å²) in [6.45, 7) is 6.39. The van der Waals surface area contributed by atoms with E-state index in [4.69, 9.17) is 0 Å². The van der Waals surface area contributed by atoms with Gasteiger partial charge in [-0.3, -0.25) is 0 Å². The maximum atomic E-state index is 13.5. The molecule has 0 atom stereocenters. The predicted molar refractivity (Wildman–Crippen MR) is 79.3 cm³/mol. The minimum atomic E-state index is -0.394. The third kappa shape index (κ3) is 6.48. The molecular weight excluding hydrogens is 312 g/mol. The summed E-state index contributed by atoms with van der Waals surface area (Å²) >= 11 is 2.98. The molecule has 1 N–H and O–H groups in total. The van der Waals surface area contributed by atoms with Gasteiger partial charge in [0.05, 0.1) is 4.47 Å². The summed E-state index contributed by atoms with van der Waals surface area (Å²) in [5.74, 6) is -0.0546. The molecule has 1 rings (SSSR count). The Bertz CT molecular complexity index is 394. The van der Waals surface area contributed by atoms with Crippen molar-refractivity contribution in [3.05, 3.63) is 33.8 Å². The van der Waals surface area contributed by atoms with Gasteiger partial charge in [0.1, 0.15) is 11.6 Å². The van der Waals surface area contributed by atoms with Gasteiger partial charge < -0.3 is 5.32 Å². The molecular formula is C15H22BrF2N. The molecule has 0 radical (unpaired) electrons. The molecule has 4 heteroatoms. The molecule has 0 aliphatic rings. The number of aryl methyl sites for hydroxylation is 1. The summed E-state index contributed by atoms with van der Waals surface area (Å²) in [4.78, 5) is 0. The van der Waals surface area contributed by atoms with E-state index in [1.807, 2.05) is 0 Å². The van der Waals surface area contributed by atoms with E-state index in [9.17, 15) is 8.78 Å². The van der Waals surface area contributed by atoms with Crippen LogP contribution in [0, 0.1) is 17.6 Å². The number of unbranched alkanes of at least 4 members (excludes halogenated alkanes) is 2. The second kappa shape index (κ2) is 8.64. The first-order valence-corrected chi connectivity index (χ1v) is 7.64. The van der Waals surface area contributed by atoms with Crippen molar-refractivity contribution in [2.75, 3.05) is 13.1 Å². The van der Waals surface area contributed by atoms with E-state index in [2.05, 4.69) is 35.1 Å². The lowest BCUT2D eigenvalue weighted by Gasteiger charge is -2.07. The fourth-order valence-corrected chi connectivity index (χ4v) is 2.20. The Kier molecular flexibility index (Phi) is 7.54. The Balaban J connectivity index is 2.21. The molecule has 0 bridgehead atoms. The van der Waals surface area contributed by atoms with Gasteiger partial charge in [-0.1, -0.05) is 20.3 Å². The van der Waals surface area contributed by atoms with Crippen LogP contribution in [0.25, 0.3) is 0 Å². The Hall–Kier alpha value is -0.480. The van der Waals surface area contributed by atoms with Crippen molar-refractivity contribution in [1.29, 1.82) is 0 Å². The Morgan fingerprint density at radius 1 is 1.11 bits per heavy atom. The zero-order valence-electron chi connectivity index (χ0n) is 11.6. The maximum Gasteiger partial charge on any atom is 0.137 e. The van der Waals surface area contributed by atoms with E-state index in [1.54, 1.807) is 0 Å². The number of hydrogen-bond acceptors (Lipinski definition) is 1. The highest BCUT2D eigenvalue weighted by Gasteiger charge is 2.07. The minimum Gasteiger partial charge on any atom is -0.316 e. The summed E-state index contributed by atoms with van der Waals surface area (Å²) in [6.07, 6.45) is 3.59. The van der Waals surface area contributed by atoms with E-state index in [0.717, 1.165) is 32.4 Å². The van der Waals surface area contributed by atoms with Crippen molar-refractivity contribution in [2.24, 2.45) is 5.92 Å². The lowest BCUT2D eigenvalue weighted by Crippen LogP contribution is -2.20. The van der Waals surface area contributed by atoms with Crippen LogP contribution < -0.4 is 5.32 Å². The number of halogens is 3. The molecule has 0 spiro atoms. The molecule has 0 aromatic heterocycles. The lowest BCUT2D eigenvalue weighted by atomic mass is 10.1. The van der Waals surface area contributed by atoms with Crippen molar-refractivity contribution in [3.63, 3.8) is 0 Å². The van der Waals surface area contributed by atoms with Crippen molar-refractivity contribution in [1.82, 2.24) is 5.32 Å². The first kappa shape index (κ1) is 16.6. The first-order chi connectivity index (χ1) is 9.00. The van der Waals surface area contributed by atoms with Crippen molar-refractivity contribution in [2.45, 2.75) is 39.5 Å². The zero-order valence-corrected chi connectivity index (χ0v) is 13.2. The van der Waals surface area contributed by atoms with Crippen LogP contribution in [-0.2, 0) is 6.42 Å². The normalized spacial score (nSPS) is 11.3. The second-order valence-electron chi connectivity index (χ2n) is 5.27. The van der Waals surface area contributed by atoms with Gasteiger partial charge in [0.2, 0.25) is 0 Å². The van der Waals surface area contributed by atoms with Crippen LogP contribution in [0.1, 0.15) is 38.7 Å². The smallest absolute Gasteiger partial charge is 0.137 e. The van der Waals surface area contributed by atoms with Crippen molar-refractivity contribution in [3.8, 4) is 0 Å². The van der Waals surface area contributed by atoms with Crippen molar-refractivity contribution < 1.29 is 8.78 Å². The Morgan fingerprint density at radius 2 is 1.84 bits per heavy atom. The lowest BCUT2D eigenvalue weighted by molar-refractivity contribution is 0.526. The van der Waals surface area contributed by atoms with Gasteiger partial charge in [0.25, 0.3) is 0 Å². The Morgan fingerprint density at radius 3 is 2.53 bits per heavy atom. The van der Waals surface area contributed by atoms with E-state index in [-0.39, 0.29) is 10.3 Å². The van der Waals surface area contributed by atoms with Gasteiger partial charge in [-0.15, -0.1) is 0 Å². The number of rotatable bonds is 8. The largest absolute Gasteiger partial charge is 0.316 e. The van der Waals surface area contributed by atoms with Crippen LogP contribution in [0.5, 0.6) is 0 Å². The quantitative estimate of drug-likeness (QED) is 0.537. The SMILES string of the molecule is CC(C)CNCCCCCc1cc(F)c(Br)cc1F. The van der Waals surface area contributed by atoms with Gasteiger partial charge in [0, 0.05) is 0 Å². The molecule has 19 heavy (non-hydrogen) atoms. The molecule has 108 valence electrons. The van der Waals surface area contributed by atoms with Gasteiger partial charge in [0.15, 0.2) is 0 Å².